The number of nitrogens with zero attached hydrogens (tertiary/aromatic N) is 1. The summed E-state index contributed by atoms with van der Waals surface area (Å²) in [6.07, 6.45) is 8.36. The van der Waals surface area contributed by atoms with E-state index in [9.17, 15) is 9.59 Å². The second-order valence-electron chi connectivity index (χ2n) is 5.59. The summed E-state index contributed by atoms with van der Waals surface area (Å²) in [5.41, 5.74) is 0.435. The zero-order chi connectivity index (χ0) is 15.2. The molecule has 3 N–H and O–H groups in total. The molecule has 114 valence electrons. The zero-order valence-electron chi connectivity index (χ0n) is 12.1. The van der Waals surface area contributed by atoms with Gasteiger partial charge in [0, 0.05) is 12.2 Å². The Hall–Kier alpha value is -2.11. The van der Waals surface area contributed by atoms with E-state index < -0.39 is 5.97 Å². The van der Waals surface area contributed by atoms with Crippen LogP contribution in [0.5, 0.6) is 0 Å². The molecular formula is C15H21N3O3. The number of carbonyl (C=O) groups excluding carboxylic acids is 1. The first-order valence-corrected chi connectivity index (χ1v) is 7.32. The third-order valence-electron chi connectivity index (χ3n) is 3.92. The van der Waals surface area contributed by atoms with Crippen LogP contribution >= 0.6 is 0 Å². The fraction of sp³-hybridized carbons (Fsp3) is 0.533. The van der Waals surface area contributed by atoms with Crippen molar-refractivity contribution in [1.29, 1.82) is 0 Å². The second kappa shape index (κ2) is 7.06. The lowest BCUT2D eigenvalue weighted by atomic mass is 9.97. The van der Waals surface area contributed by atoms with Gasteiger partial charge in [-0.05, 0) is 24.8 Å². The van der Waals surface area contributed by atoms with Crippen LogP contribution in [0.4, 0.5) is 10.5 Å². The Morgan fingerprint density at radius 3 is 2.76 bits per heavy atom. The first-order chi connectivity index (χ1) is 10.1. The molecule has 1 aromatic rings. The van der Waals surface area contributed by atoms with E-state index in [4.69, 9.17) is 5.11 Å². The molecule has 2 unspecified atom stereocenters. The van der Waals surface area contributed by atoms with Crippen LogP contribution in [0.3, 0.4) is 0 Å². The van der Waals surface area contributed by atoms with Crippen LogP contribution in [0.2, 0.25) is 0 Å². The van der Waals surface area contributed by atoms with Crippen LogP contribution in [-0.4, -0.2) is 28.1 Å². The van der Waals surface area contributed by atoms with Gasteiger partial charge in [-0.3, -0.25) is 4.98 Å². The first-order valence-electron chi connectivity index (χ1n) is 7.32. The summed E-state index contributed by atoms with van der Waals surface area (Å²) in [7, 11) is 0. The Morgan fingerprint density at radius 2 is 2.00 bits per heavy atom. The minimum Gasteiger partial charge on any atom is -0.478 e. The van der Waals surface area contributed by atoms with E-state index in [1.807, 2.05) is 0 Å². The SMILES string of the molecule is CC1CCCCCC1NC(=O)Nc1cncc(C(=O)O)c1. The monoisotopic (exact) mass is 291 g/mol. The highest BCUT2D eigenvalue weighted by atomic mass is 16.4. The summed E-state index contributed by atoms with van der Waals surface area (Å²) in [6, 6.07) is 1.26. The molecule has 6 nitrogen and oxygen atoms in total. The molecule has 1 saturated carbocycles. The van der Waals surface area contributed by atoms with Crippen LogP contribution in [0.25, 0.3) is 0 Å². The van der Waals surface area contributed by atoms with E-state index in [-0.39, 0.29) is 17.6 Å². The third kappa shape index (κ3) is 4.44. The number of anilines is 1. The Morgan fingerprint density at radius 1 is 1.24 bits per heavy atom. The number of pyridine rings is 1. The Kier molecular flexibility index (Phi) is 5.14. The van der Waals surface area contributed by atoms with Crippen LogP contribution in [0.15, 0.2) is 18.5 Å². The summed E-state index contributed by atoms with van der Waals surface area (Å²) in [5.74, 6) is -0.606. The van der Waals surface area contributed by atoms with Gasteiger partial charge in [-0.1, -0.05) is 26.2 Å². The highest BCUT2D eigenvalue weighted by Crippen LogP contribution is 2.23. The molecule has 21 heavy (non-hydrogen) atoms. The zero-order valence-corrected chi connectivity index (χ0v) is 12.1. The Bertz CT molecular complexity index is 519. The molecule has 6 heteroatoms. The van der Waals surface area contributed by atoms with Gasteiger partial charge in [0.05, 0.1) is 17.4 Å². The fourth-order valence-electron chi connectivity index (χ4n) is 2.67. The summed E-state index contributed by atoms with van der Waals surface area (Å²) in [6.45, 7) is 2.16. The molecule has 0 aliphatic heterocycles. The van der Waals surface area contributed by atoms with Crippen LogP contribution in [-0.2, 0) is 0 Å². The summed E-state index contributed by atoms with van der Waals surface area (Å²) >= 11 is 0. The highest BCUT2D eigenvalue weighted by Gasteiger charge is 2.21. The van der Waals surface area contributed by atoms with Crippen molar-refractivity contribution in [2.75, 3.05) is 5.32 Å². The smallest absolute Gasteiger partial charge is 0.337 e. The summed E-state index contributed by atoms with van der Waals surface area (Å²) in [5, 5.41) is 14.5. The highest BCUT2D eigenvalue weighted by molar-refractivity contribution is 5.92. The average Bonchev–Trinajstić information content (AvgIpc) is 2.64. The van der Waals surface area contributed by atoms with Crippen molar-refractivity contribution in [3.05, 3.63) is 24.0 Å². The van der Waals surface area contributed by atoms with Crippen molar-refractivity contribution >= 4 is 17.7 Å². The molecule has 1 fully saturated rings. The quantitative estimate of drug-likeness (QED) is 0.747. The maximum Gasteiger partial charge on any atom is 0.337 e. The average molecular weight is 291 g/mol. The van der Waals surface area contributed by atoms with Crippen LogP contribution in [0.1, 0.15) is 49.4 Å². The van der Waals surface area contributed by atoms with E-state index in [0.717, 1.165) is 19.3 Å². The molecule has 2 rings (SSSR count). The number of aromatic carboxylic acids is 1. The molecule has 1 aliphatic rings. The van der Waals surface area contributed by atoms with Crippen molar-refractivity contribution in [2.24, 2.45) is 5.92 Å². The maximum absolute atomic E-state index is 12.0. The number of carboxylic acids is 1. The van der Waals surface area contributed by atoms with Gasteiger partial charge >= 0.3 is 12.0 Å². The number of aromatic nitrogens is 1. The minimum absolute atomic E-state index is 0.0515. The van der Waals surface area contributed by atoms with Gasteiger partial charge in [-0.2, -0.15) is 0 Å². The molecular weight excluding hydrogens is 270 g/mol. The van der Waals surface area contributed by atoms with E-state index >= 15 is 0 Å². The number of carboxylic acid groups (broad SMARTS) is 1. The number of hydrogen-bond donors (Lipinski definition) is 3. The first kappa shape index (κ1) is 15.3. The molecule has 0 spiro atoms. The second-order valence-corrected chi connectivity index (χ2v) is 5.59. The molecule has 0 saturated heterocycles. The lowest BCUT2D eigenvalue weighted by molar-refractivity contribution is 0.0696. The largest absolute Gasteiger partial charge is 0.478 e. The lowest BCUT2D eigenvalue weighted by Gasteiger charge is -2.22. The molecule has 0 bridgehead atoms. The van der Waals surface area contributed by atoms with Gasteiger partial charge in [0.2, 0.25) is 0 Å². The van der Waals surface area contributed by atoms with Gasteiger partial charge in [0.25, 0.3) is 0 Å². The maximum atomic E-state index is 12.0. The standard InChI is InChI=1S/C15H21N3O3/c1-10-5-3-2-4-6-13(10)18-15(21)17-12-7-11(14(19)20)8-16-9-12/h7-10,13H,2-6H2,1H3,(H,19,20)(H2,17,18,21). The van der Waals surface area contributed by atoms with Crippen LogP contribution < -0.4 is 10.6 Å². The number of carbonyl (C=O) groups is 2. The minimum atomic E-state index is -1.07. The van der Waals surface area contributed by atoms with E-state index in [1.54, 1.807) is 0 Å². The molecule has 0 radical (unpaired) electrons. The van der Waals surface area contributed by atoms with Crippen molar-refractivity contribution < 1.29 is 14.7 Å². The molecule has 2 atom stereocenters. The van der Waals surface area contributed by atoms with Gasteiger partial charge in [0.15, 0.2) is 0 Å². The third-order valence-corrected chi connectivity index (χ3v) is 3.92. The van der Waals surface area contributed by atoms with Crippen molar-refractivity contribution in [3.63, 3.8) is 0 Å². The number of rotatable bonds is 3. The van der Waals surface area contributed by atoms with Gasteiger partial charge in [-0.15, -0.1) is 0 Å². The van der Waals surface area contributed by atoms with Gasteiger partial charge in [-0.25, -0.2) is 9.59 Å². The van der Waals surface area contributed by atoms with Gasteiger partial charge in [0.1, 0.15) is 0 Å². The van der Waals surface area contributed by atoms with Crippen molar-refractivity contribution in [1.82, 2.24) is 10.3 Å². The van der Waals surface area contributed by atoms with E-state index in [0.29, 0.717) is 11.6 Å². The van der Waals surface area contributed by atoms with Gasteiger partial charge < -0.3 is 15.7 Å². The predicted octanol–water partition coefficient (Wildman–Crippen LogP) is 2.87. The normalized spacial score (nSPS) is 22.1. The summed E-state index contributed by atoms with van der Waals surface area (Å²) < 4.78 is 0. The fourth-order valence-corrected chi connectivity index (χ4v) is 2.67. The number of urea groups is 1. The molecule has 1 aromatic heterocycles. The number of amides is 2. The topological polar surface area (TPSA) is 91.3 Å². The van der Waals surface area contributed by atoms with E-state index in [1.165, 1.54) is 31.3 Å². The van der Waals surface area contributed by atoms with E-state index in [2.05, 4.69) is 22.5 Å². The van der Waals surface area contributed by atoms with Crippen molar-refractivity contribution in [3.8, 4) is 0 Å². The predicted molar refractivity (Wildman–Crippen MR) is 79.4 cm³/mol. The number of nitrogens with one attached hydrogen (secondary N) is 2. The molecule has 2 amide bonds. The number of hydrogen-bond acceptors (Lipinski definition) is 3. The molecule has 0 aromatic carbocycles. The lowest BCUT2D eigenvalue weighted by Crippen LogP contribution is -2.41. The Balaban J connectivity index is 1.94. The van der Waals surface area contributed by atoms with Crippen LogP contribution in [0, 0.1) is 5.92 Å². The Labute approximate surface area is 124 Å². The van der Waals surface area contributed by atoms with Crippen molar-refractivity contribution in [2.45, 2.75) is 45.1 Å². The summed E-state index contributed by atoms with van der Waals surface area (Å²) in [4.78, 5) is 26.7. The molecule has 1 aliphatic carbocycles. The molecule has 1 heterocycles.